The van der Waals surface area contributed by atoms with E-state index in [9.17, 15) is 0 Å². The second-order valence-corrected chi connectivity index (χ2v) is 4.50. The standard InChI is InChI=1S/C14H15ClO2/c1-9-6-7-17-14(9)13(15)11-4-5-12(16-3)10(2)8-11/h4-8,13H,1-3H3. The lowest BCUT2D eigenvalue weighted by Crippen LogP contribution is -1.95. The molecule has 1 aromatic heterocycles. The molecule has 0 aliphatic carbocycles. The average molecular weight is 251 g/mol. The molecule has 1 heterocycles. The number of halogens is 1. The van der Waals surface area contributed by atoms with Crippen molar-refractivity contribution in [1.29, 1.82) is 0 Å². The molecule has 0 spiro atoms. The highest BCUT2D eigenvalue weighted by Gasteiger charge is 2.17. The van der Waals surface area contributed by atoms with E-state index in [1.165, 1.54) is 0 Å². The number of ether oxygens (including phenoxy) is 1. The summed E-state index contributed by atoms with van der Waals surface area (Å²) in [4.78, 5) is 0. The van der Waals surface area contributed by atoms with E-state index in [1.54, 1.807) is 13.4 Å². The van der Waals surface area contributed by atoms with Crippen LogP contribution in [0.5, 0.6) is 5.75 Å². The number of alkyl halides is 1. The molecule has 0 N–H and O–H groups in total. The zero-order valence-corrected chi connectivity index (χ0v) is 10.9. The summed E-state index contributed by atoms with van der Waals surface area (Å²) in [6.07, 6.45) is 1.66. The molecule has 2 rings (SSSR count). The topological polar surface area (TPSA) is 22.4 Å². The van der Waals surface area contributed by atoms with E-state index in [1.807, 2.05) is 38.1 Å². The van der Waals surface area contributed by atoms with Crippen LogP contribution in [0.3, 0.4) is 0 Å². The van der Waals surface area contributed by atoms with Crippen molar-refractivity contribution in [2.45, 2.75) is 19.2 Å². The largest absolute Gasteiger partial charge is 0.496 e. The molecule has 0 radical (unpaired) electrons. The Bertz CT molecular complexity index is 517. The summed E-state index contributed by atoms with van der Waals surface area (Å²) >= 11 is 6.41. The smallest absolute Gasteiger partial charge is 0.128 e. The van der Waals surface area contributed by atoms with Crippen molar-refractivity contribution < 1.29 is 9.15 Å². The van der Waals surface area contributed by atoms with Gasteiger partial charge < -0.3 is 9.15 Å². The second kappa shape index (κ2) is 4.84. The fourth-order valence-corrected chi connectivity index (χ4v) is 2.21. The van der Waals surface area contributed by atoms with Crippen LogP contribution >= 0.6 is 11.6 Å². The number of furan rings is 1. The molecule has 1 unspecified atom stereocenters. The van der Waals surface area contributed by atoms with Crippen molar-refractivity contribution in [3.63, 3.8) is 0 Å². The van der Waals surface area contributed by atoms with Crippen molar-refractivity contribution in [3.8, 4) is 5.75 Å². The predicted octanol–water partition coefficient (Wildman–Crippen LogP) is 4.23. The third kappa shape index (κ3) is 2.32. The van der Waals surface area contributed by atoms with E-state index >= 15 is 0 Å². The zero-order valence-electron chi connectivity index (χ0n) is 10.2. The van der Waals surface area contributed by atoms with Gasteiger partial charge in [-0.15, -0.1) is 11.6 Å². The number of benzene rings is 1. The monoisotopic (exact) mass is 250 g/mol. The first kappa shape index (κ1) is 12.1. The van der Waals surface area contributed by atoms with Crippen LogP contribution < -0.4 is 4.74 Å². The summed E-state index contributed by atoms with van der Waals surface area (Å²) in [6, 6.07) is 7.84. The maximum Gasteiger partial charge on any atom is 0.128 e. The van der Waals surface area contributed by atoms with E-state index in [4.69, 9.17) is 20.8 Å². The van der Waals surface area contributed by atoms with Crippen LogP contribution in [0.25, 0.3) is 0 Å². The van der Waals surface area contributed by atoms with Gasteiger partial charge in [0.25, 0.3) is 0 Å². The van der Waals surface area contributed by atoms with E-state index in [0.29, 0.717) is 0 Å². The van der Waals surface area contributed by atoms with Crippen LogP contribution in [0.2, 0.25) is 0 Å². The average Bonchev–Trinajstić information content (AvgIpc) is 2.74. The van der Waals surface area contributed by atoms with E-state index in [2.05, 4.69) is 0 Å². The summed E-state index contributed by atoms with van der Waals surface area (Å²) in [5.41, 5.74) is 3.15. The molecule has 0 aliphatic heterocycles. The van der Waals surface area contributed by atoms with Crippen LogP contribution in [0, 0.1) is 13.8 Å². The maximum atomic E-state index is 6.41. The van der Waals surface area contributed by atoms with Crippen molar-refractivity contribution >= 4 is 11.6 Å². The van der Waals surface area contributed by atoms with E-state index in [-0.39, 0.29) is 5.38 Å². The van der Waals surface area contributed by atoms with Crippen LogP contribution in [0.4, 0.5) is 0 Å². The summed E-state index contributed by atoms with van der Waals surface area (Å²) in [5.74, 6) is 1.67. The molecule has 0 saturated carbocycles. The zero-order chi connectivity index (χ0) is 12.4. The first-order valence-electron chi connectivity index (χ1n) is 5.46. The third-order valence-corrected chi connectivity index (χ3v) is 3.29. The minimum absolute atomic E-state index is 0.255. The van der Waals surface area contributed by atoms with Gasteiger partial charge in [-0.25, -0.2) is 0 Å². The molecular formula is C14H15ClO2. The van der Waals surface area contributed by atoms with Crippen LogP contribution in [0.15, 0.2) is 34.9 Å². The Kier molecular flexibility index (Phi) is 3.43. The van der Waals surface area contributed by atoms with Gasteiger partial charge in [0, 0.05) is 0 Å². The van der Waals surface area contributed by atoms with Crippen LogP contribution in [0.1, 0.15) is 27.8 Å². The van der Waals surface area contributed by atoms with Gasteiger partial charge in [-0.2, -0.15) is 0 Å². The summed E-state index contributed by atoms with van der Waals surface area (Å²) in [6.45, 7) is 3.99. The molecule has 90 valence electrons. The third-order valence-electron chi connectivity index (χ3n) is 2.84. The molecule has 0 bridgehead atoms. The van der Waals surface area contributed by atoms with Gasteiger partial charge in [0.15, 0.2) is 0 Å². The Hall–Kier alpha value is -1.41. The molecule has 0 saturated heterocycles. The maximum absolute atomic E-state index is 6.41. The van der Waals surface area contributed by atoms with Crippen molar-refractivity contribution in [1.82, 2.24) is 0 Å². The van der Waals surface area contributed by atoms with Gasteiger partial charge in [0.05, 0.1) is 13.4 Å². The van der Waals surface area contributed by atoms with Gasteiger partial charge >= 0.3 is 0 Å². The molecule has 1 aromatic carbocycles. The number of methoxy groups -OCH3 is 1. The predicted molar refractivity (Wildman–Crippen MR) is 68.9 cm³/mol. The number of hydrogen-bond acceptors (Lipinski definition) is 2. The Morgan fingerprint density at radius 2 is 1.94 bits per heavy atom. The summed E-state index contributed by atoms with van der Waals surface area (Å²) in [5, 5.41) is -0.255. The lowest BCUT2D eigenvalue weighted by atomic mass is 10.0. The first-order chi connectivity index (χ1) is 8.13. The van der Waals surface area contributed by atoms with Gasteiger partial charge in [0.2, 0.25) is 0 Å². The van der Waals surface area contributed by atoms with E-state index < -0.39 is 0 Å². The first-order valence-corrected chi connectivity index (χ1v) is 5.89. The van der Waals surface area contributed by atoms with Gasteiger partial charge in [-0.1, -0.05) is 12.1 Å². The summed E-state index contributed by atoms with van der Waals surface area (Å²) < 4.78 is 10.6. The number of aryl methyl sites for hydroxylation is 2. The molecule has 0 fully saturated rings. The quantitative estimate of drug-likeness (QED) is 0.761. The lowest BCUT2D eigenvalue weighted by molar-refractivity contribution is 0.411. The summed E-state index contributed by atoms with van der Waals surface area (Å²) in [7, 11) is 1.66. The minimum Gasteiger partial charge on any atom is -0.496 e. The van der Waals surface area contributed by atoms with Crippen molar-refractivity contribution in [2.24, 2.45) is 0 Å². The molecule has 2 nitrogen and oxygen atoms in total. The number of hydrogen-bond donors (Lipinski definition) is 0. The Morgan fingerprint density at radius 1 is 1.18 bits per heavy atom. The number of rotatable bonds is 3. The SMILES string of the molecule is COc1ccc(C(Cl)c2occc2C)cc1C. The lowest BCUT2D eigenvalue weighted by Gasteiger charge is -2.11. The fourth-order valence-electron chi connectivity index (χ4n) is 1.85. The van der Waals surface area contributed by atoms with Crippen LogP contribution in [-0.2, 0) is 0 Å². The second-order valence-electron chi connectivity index (χ2n) is 4.06. The van der Waals surface area contributed by atoms with Crippen molar-refractivity contribution in [3.05, 3.63) is 53.0 Å². The van der Waals surface area contributed by atoms with Gasteiger partial charge in [-0.05, 0) is 42.7 Å². The van der Waals surface area contributed by atoms with Crippen molar-refractivity contribution in [2.75, 3.05) is 7.11 Å². The highest BCUT2D eigenvalue weighted by Crippen LogP contribution is 2.33. The highest BCUT2D eigenvalue weighted by molar-refractivity contribution is 6.22. The normalized spacial score (nSPS) is 12.5. The minimum atomic E-state index is -0.255. The molecule has 2 aromatic rings. The highest BCUT2D eigenvalue weighted by atomic mass is 35.5. The Balaban J connectivity index is 2.35. The van der Waals surface area contributed by atoms with Gasteiger partial charge in [-0.3, -0.25) is 0 Å². The molecule has 1 atom stereocenters. The molecule has 3 heteroatoms. The molecule has 17 heavy (non-hydrogen) atoms. The fraction of sp³-hybridized carbons (Fsp3) is 0.286. The molecule has 0 aliphatic rings. The Morgan fingerprint density at radius 3 is 2.47 bits per heavy atom. The van der Waals surface area contributed by atoms with E-state index in [0.717, 1.165) is 28.2 Å². The Labute approximate surface area is 106 Å². The van der Waals surface area contributed by atoms with Crippen LogP contribution in [-0.4, -0.2) is 7.11 Å². The van der Waals surface area contributed by atoms with Gasteiger partial charge in [0.1, 0.15) is 16.9 Å². The molecule has 0 amide bonds. The molecular weight excluding hydrogens is 236 g/mol.